The third-order valence-corrected chi connectivity index (χ3v) is 1.32. The summed E-state index contributed by atoms with van der Waals surface area (Å²) in [6.45, 7) is 0. The van der Waals surface area contributed by atoms with Crippen molar-refractivity contribution >= 4 is 12.4 Å². The van der Waals surface area contributed by atoms with Gasteiger partial charge in [-0.3, -0.25) is 4.79 Å². The number of phenols is 1. The molecule has 1 rings (SSSR count). The van der Waals surface area contributed by atoms with Gasteiger partial charge in [-0.05, 0) is 18.2 Å². The molecule has 0 spiro atoms. The van der Waals surface area contributed by atoms with E-state index in [0.29, 0.717) is 6.29 Å². The number of ether oxygens (including phenoxy) is 1. The van der Waals surface area contributed by atoms with E-state index in [0.717, 1.165) is 6.07 Å². The lowest BCUT2D eigenvalue weighted by atomic mass is 10.2. The van der Waals surface area contributed by atoms with Gasteiger partial charge in [-0.15, -0.1) is 0 Å². The van der Waals surface area contributed by atoms with E-state index in [-0.39, 0.29) is 17.1 Å². The third-order valence-electron chi connectivity index (χ3n) is 1.32. The first-order valence-electron chi connectivity index (χ1n) is 3.32. The Bertz CT molecular complexity index is 344. The Morgan fingerprint density at radius 3 is 2.69 bits per heavy atom. The molecule has 0 heterocycles. The number of aldehydes is 1. The molecule has 5 nitrogen and oxygen atoms in total. The first-order valence-corrected chi connectivity index (χ1v) is 3.32. The molecular weight excluding hydrogens is 176 g/mol. The van der Waals surface area contributed by atoms with Crippen molar-refractivity contribution < 1.29 is 24.5 Å². The maximum atomic E-state index is 10.3. The molecule has 0 unspecified atom stereocenters. The number of carboxylic acid groups (broad SMARTS) is 1. The highest BCUT2D eigenvalue weighted by Crippen LogP contribution is 2.26. The van der Waals surface area contributed by atoms with E-state index in [1.807, 2.05) is 0 Å². The molecule has 0 aromatic heterocycles. The molecule has 5 heteroatoms. The molecule has 0 amide bonds. The van der Waals surface area contributed by atoms with Gasteiger partial charge in [0.05, 0.1) is 0 Å². The lowest BCUT2D eigenvalue weighted by molar-refractivity contribution is 0.112. The summed E-state index contributed by atoms with van der Waals surface area (Å²) in [5.74, 6) is -0.579. The lowest BCUT2D eigenvalue weighted by Crippen LogP contribution is -2.03. The zero-order chi connectivity index (χ0) is 9.84. The number of benzene rings is 1. The average Bonchev–Trinajstić information content (AvgIpc) is 2.08. The number of hydrogen-bond donors (Lipinski definition) is 2. The highest BCUT2D eigenvalue weighted by molar-refractivity contribution is 5.77. The Labute approximate surface area is 73.2 Å². The monoisotopic (exact) mass is 182 g/mol. The fraction of sp³-hybridized carbons (Fsp3) is 0. The standard InChI is InChI=1S/C8H6O5/c9-4-5-1-2-6(10)7(3-5)13-8(11)12/h1-4,10H,(H,11,12). The molecule has 13 heavy (non-hydrogen) atoms. The van der Waals surface area contributed by atoms with Crippen molar-refractivity contribution in [2.45, 2.75) is 0 Å². The fourth-order valence-electron chi connectivity index (χ4n) is 0.780. The fourth-order valence-corrected chi connectivity index (χ4v) is 0.780. The summed E-state index contributed by atoms with van der Waals surface area (Å²) in [6, 6.07) is 3.66. The van der Waals surface area contributed by atoms with Gasteiger partial charge in [0.2, 0.25) is 0 Å². The first-order chi connectivity index (χ1) is 6.13. The van der Waals surface area contributed by atoms with E-state index in [4.69, 9.17) is 10.2 Å². The van der Waals surface area contributed by atoms with Crippen molar-refractivity contribution in [1.82, 2.24) is 0 Å². The van der Waals surface area contributed by atoms with E-state index >= 15 is 0 Å². The van der Waals surface area contributed by atoms with Gasteiger partial charge in [-0.25, -0.2) is 4.79 Å². The number of carbonyl (C=O) groups is 2. The number of phenolic OH excluding ortho intramolecular Hbond substituents is 1. The Morgan fingerprint density at radius 1 is 1.46 bits per heavy atom. The second-order valence-corrected chi connectivity index (χ2v) is 2.21. The van der Waals surface area contributed by atoms with Crippen LogP contribution in [0.25, 0.3) is 0 Å². The quantitative estimate of drug-likeness (QED) is 0.408. The SMILES string of the molecule is O=Cc1ccc(O)c(OC(=O)O)c1. The molecule has 0 atom stereocenters. The lowest BCUT2D eigenvalue weighted by Gasteiger charge is -2.02. The van der Waals surface area contributed by atoms with Crippen molar-refractivity contribution in [3.8, 4) is 11.5 Å². The molecule has 0 saturated heterocycles. The second kappa shape index (κ2) is 3.57. The predicted molar refractivity (Wildman–Crippen MR) is 42.1 cm³/mol. The molecule has 0 aliphatic rings. The van der Waals surface area contributed by atoms with Crippen molar-refractivity contribution in [2.24, 2.45) is 0 Å². The van der Waals surface area contributed by atoms with Gasteiger partial charge in [0, 0.05) is 5.56 Å². The number of aromatic hydroxyl groups is 1. The minimum atomic E-state index is -1.54. The van der Waals surface area contributed by atoms with E-state index in [9.17, 15) is 9.59 Å². The summed E-state index contributed by atoms with van der Waals surface area (Å²) in [4.78, 5) is 20.4. The minimum Gasteiger partial charge on any atom is -0.504 e. The predicted octanol–water partition coefficient (Wildman–Crippen LogP) is 1.26. The molecule has 0 aliphatic carbocycles. The maximum absolute atomic E-state index is 10.3. The molecular formula is C8H6O5. The van der Waals surface area contributed by atoms with Crippen LogP contribution in [-0.2, 0) is 0 Å². The smallest absolute Gasteiger partial charge is 0.504 e. The zero-order valence-corrected chi connectivity index (χ0v) is 6.43. The highest BCUT2D eigenvalue weighted by atomic mass is 16.7. The summed E-state index contributed by atoms with van der Waals surface area (Å²) >= 11 is 0. The highest BCUT2D eigenvalue weighted by Gasteiger charge is 2.07. The minimum absolute atomic E-state index is 0.231. The maximum Gasteiger partial charge on any atom is 0.511 e. The first kappa shape index (κ1) is 9.05. The van der Waals surface area contributed by atoms with Crippen LogP contribution in [0.2, 0.25) is 0 Å². The van der Waals surface area contributed by atoms with Gasteiger partial charge < -0.3 is 14.9 Å². The molecule has 1 aromatic rings. The van der Waals surface area contributed by atoms with Crippen molar-refractivity contribution in [3.05, 3.63) is 23.8 Å². The summed E-state index contributed by atoms with van der Waals surface area (Å²) < 4.78 is 4.20. The molecule has 0 fully saturated rings. The summed E-state index contributed by atoms with van der Waals surface area (Å²) in [5.41, 5.74) is 0.231. The second-order valence-electron chi connectivity index (χ2n) is 2.21. The molecule has 0 saturated carbocycles. The number of rotatable bonds is 2. The van der Waals surface area contributed by atoms with Gasteiger partial charge in [0.15, 0.2) is 11.5 Å². The van der Waals surface area contributed by atoms with Gasteiger partial charge >= 0.3 is 6.16 Å². The van der Waals surface area contributed by atoms with Gasteiger partial charge in [0.25, 0.3) is 0 Å². The van der Waals surface area contributed by atoms with E-state index in [1.165, 1.54) is 12.1 Å². The molecule has 2 N–H and O–H groups in total. The summed E-state index contributed by atoms with van der Waals surface area (Å²) in [5, 5.41) is 17.3. The molecule has 68 valence electrons. The van der Waals surface area contributed by atoms with Gasteiger partial charge in [-0.2, -0.15) is 0 Å². The van der Waals surface area contributed by atoms with Gasteiger partial charge in [-0.1, -0.05) is 0 Å². The Balaban J connectivity index is 3.03. The molecule has 1 aromatic carbocycles. The molecule has 0 bridgehead atoms. The summed E-state index contributed by atoms with van der Waals surface area (Å²) in [7, 11) is 0. The van der Waals surface area contributed by atoms with Crippen LogP contribution in [0.4, 0.5) is 4.79 Å². The number of carbonyl (C=O) groups excluding carboxylic acids is 1. The van der Waals surface area contributed by atoms with E-state index in [1.54, 1.807) is 0 Å². The van der Waals surface area contributed by atoms with Crippen LogP contribution in [0, 0.1) is 0 Å². The van der Waals surface area contributed by atoms with Crippen LogP contribution in [0.1, 0.15) is 10.4 Å². The van der Waals surface area contributed by atoms with Gasteiger partial charge in [0.1, 0.15) is 6.29 Å². The van der Waals surface area contributed by atoms with Crippen molar-refractivity contribution in [3.63, 3.8) is 0 Å². The normalized spacial score (nSPS) is 9.23. The van der Waals surface area contributed by atoms with Crippen LogP contribution < -0.4 is 4.74 Å². The van der Waals surface area contributed by atoms with Crippen LogP contribution in [0.3, 0.4) is 0 Å². The Kier molecular flexibility index (Phi) is 2.49. The van der Waals surface area contributed by atoms with Crippen LogP contribution in [0.15, 0.2) is 18.2 Å². The number of hydrogen-bond acceptors (Lipinski definition) is 4. The molecule has 0 aliphatic heterocycles. The Hall–Kier alpha value is -2.04. The zero-order valence-electron chi connectivity index (χ0n) is 6.43. The van der Waals surface area contributed by atoms with Crippen LogP contribution in [-0.4, -0.2) is 22.7 Å². The van der Waals surface area contributed by atoms with Crippen LogP contribution >= 0.6 is 0 Å². The van der Waals surface area contributed by atoms with E-state index < -0.39 is 6.16 Å². The average molecular weight is 182 g/mol. The van der Waals surface area contributed by atoms with E-state index in [2.05, 4.69) is 4.74 Å². The third kappa shape index (κ3) is 2.19. The Morgan fingerprint density at radius 2 is 2.15 bits per heavy atom. The molecule has 0 radical (unpaired) electrons. The van der Waals surface area contributed by atoms with Crippen molar-refractivity contribution in [2.75, 3.05) is 0 Å². The van der Waals surface area contributed by atoms with Crippen molar-refractivity contribution in [1.29, 1.82) is 0 Å². The summed E-state index contributed by atoms with van der Waals surface area (Å²) in [6.07, 6.45) is -1.02. The topological polar surface area (TPSA) is 83.8 Å². The van der Waals surface area contributed by atoms with Crippen LogP contribution in [0.5, 0.6) is 11.5 Å². The largest absolute Gasteiger partial charge is 0.511 e.